The Morgan fingerprint density at radius 1 is 0.970 bits per heavy atom. The standard InChI is InChI=1S/C26H31NO6/c1-26(2,3)33-25(30)27-20(15-23(28)29)16-7-9-17(10-8-16)24-21(31-18-11-12-18)5-4-6-22(24)32-19-13-14-19/h4-10,18-20H,11-15H2,1-3H3,(H,27,30)(H,28,29)/t20-/m1/s1. The molecular formula is C26H31NO6. The average Bonchev–Trinajstić information content (AvgIpc) is 3.63. The lowest BCUT2D eigenvalue weighted by Crippen LogP contribution is -2.35. The van der Waals surface area contributed by atoms with Crippen molar-refractivity contribution in [1.82, 2.24) is 5.32 Å². The van der Waals surface area contributed by atoms with Crippen LogP contribution in [0.4, 0.5) is 4.79 Å². The van der Waals surface area contributed by atoms with Gasteiger partial charge in [-0.25, -0.2) is 4.79 Å². The zero-order chi connectivity index (χ0) is 23.6. The monoisotopic (exact) mass is 453 g/mol. The van der Waals surface area contributed by atoms with E-state index in [2.05, 4.69) is 5.32 Å². The van der Waals surface area contributed by atoms with Crippen LogP contribution < -0.4 is 14.8 Å². The number of hydrogen-bond donors (Lipinski definition) is 2. The lowest BCUT2D eigenvalue weighted by molar-refractivity contribution is -0.137. The van der Waals surface area contributed by atoms with Gasteiger partial charge in [-0.05, 0) is 69.7 Å². The minimum atomic E-state index is -1.01. The molecule has 0 aliphatic heterocycles. The average molecular weight is 454 g/mol. The van der Waals surface area contributed by atoms with E-state index in [9.17, 15) is 14.7 Å². The molecule has 2 fully saturated rings. The number of benzene rings is 2. The highest BCUT2D eigenvalue weighted by Crippen LogP contribution is 2.43. The van der Waals surface area contributed by atoms with Crippen LogP contribution in [0.15, 0.2) is 42.5 Å². The maximum Gasteiger partial charge on any atom is 0.408 e. The van der Waals surface area contributed by atoms with E-state index in [1.165, 1.54) is 0 Å². The van der Waals surface area contributed by atoms with Crippen LogP contribution in [-0.2, 0) is 9.53 Å². The van der Waals surface area contributed by atoms with Gasteiger partial charge in [-0.2, -0.15) is 0 Å². The molecule has 4 rings (SSSR count). The number of rotatable bonds is 9. The lowest BCUT2D eigenvalue weighted by Gasteiger charge is -2.23. The maximum atomic E-state index is 12.3. The summed E-state index contributed by atoms with van der Waals surface area (Å²) in [6.45, 7) is 5.28. The van der Waals surface area contributed by atoms with Gasteiger partial charge in [0.25, 0.3) is 0 Å². The molecule has 0 heterocycles. The first-order valence-electron chi connectivity index (χ1n) is 11.5. The van der Waals surface area contributed by atoms with E-state index < -0.39 is 23.7 Å². The molecule has 0 bridgehead atoms. The van der Waals surface area contributed by atoms with Crippen LogP contribution >= 0.6 is 0 Å². The molecule has 2 aliphatic carbocycles. The molecule has 0 spiro atoms. The number of amides is 1. The molecule has 2 saturated carbocycles. The molecule has 0 aromatic heterocycles. The number of hydrogen-bond acceptors (Lipinski definition) is 5. The van der Waals surface area contributed by atoms with Crippen LogP contribution in [0.25, 0.3) is 11.1 Å². The smallest absolute Gasteiger partial charge is 0.408 e. The molecule has 0 unspecified atom stereocenters. The normalized spacial score (nSPS) is 16.6. The van der Waals surface area contributed by atoms with Crippen molar-refractivity contribution < 1.29 is 28.9 Å². The first-order chi connectivity index (χ1) is 15.7. The highest BCUT2D eigenvalue weighted by Gasteiger charge is 2.29. The van der Waals surface area contributed by atoms with Crippen molar-refractivity contribution in [2.75, 3.05) is 0 Å². The Hall–Kier alpha value is -3.22. The SMILES string of the molecule is CC(C)(C)OC(=O)N[C@H](CC(=O)O)c1ccc(-c2c(OC3CC3)cccc2OC2CC2)cc1. The third kappa shape index (κ3) is 6.63. The fraction of sp³-hybridized carbons (Fsp3) is 0.462. The van der Waals surface area contributed by atoms with Gasteiger partial charge in [-0.3, -0.25) is 4.79 Å². The topological polar surface area (TPSA) is 94.1 Å². The molecule has 0 saturated heterocycles. The van der Waals surface area contributed by atoms with Crippen molar-refractivity contribution in [1.29, 1.82) is 0 Å². The Balaban J connectivity index is 1.59. The van der Waals surface area contributed by atoms with E-state index in [4.69, 9.17) is 14.2 Å². The van der Waals surface area contributed by atoms with Gasteiger partial charge in [-0.1, -0.05) is 30.3 Å². The summed E-state index contributed by atoms with van der Waals surface area (Å²) in [5.74, 6) is 0.568. The molecule has 2 N–H and O–H groups in total. The number of carbonyl (C=O) groups excluding carboxylic acids is 1. The third-order valence-electron chi connectivity index (χ3n) is 5.30. The summed E-state index contributed by atoms with van der Waals surface area (Å²) < 4.78 is 17.6. The van der Waals surface area contributed by atoms with Crippen molar-refractivity contribution >= 4 is 12.1 Å². The van der Waals surface area contributed by atoms with Crippen molar-refractivity contribution in [3.8, 4) is 22.6 Å². The Morgan fingerprint density at radius 3 is 1.97 bits per heavy atom. The largest absolute Gasteiger partial charge is 0.490 e. The van der Waals surface area contributed by atoms with Crippen LogP contribution in [0.2, 0.25) is 0 Å². The van der Waals surface area contributed by atoms with E-state index in [0.29, 0.717) is 5.56 Å². The predicted molar refractivity (Wildman–Crippen MR) is 124 cm³/mol. The zero-order valence-electron chi connectivity index (χ0n) is 19.3. The van der Waals surface area contributed by atoms with Gasteiger partial charge in [0.05, 0.1) is 30.2 Å². The fourth-order valence-electron chi connectivity index (χ4n) is 3.48. The molecule has 2 aromatic rings. The number of carboxylic acids is 1. The van der Waals surface area contributed by atoms with Crippen molar-refractivity contribution in [3.05, 3.63) is 48.0 Å². The highest BCUT2D eigenvalue weighted by molar-refractivity contribution is 5.77. The van der Waals surface area contributed by atoms with E-state index in [1.54, 1.807) is 20.8 Å². The number of aliphatic carboxylic acids is 1. The van der Waals surface area contributed by atoms with Crippen LogP contribution in [0.1, 0.15) is 64.5 Å². The second-order valence-electron chi connectivity index (χ2n) is 9.68. The molecule has 0 radical (unpaired) electrons. The van der Waals surface area contributed by atoms with Crippen LogP contribution in [0, 0.1) is 0 Å². The lowest BCUT2D eigenvalue weighted by atomic mass is 9.98. The van der Waals surface area contributed by atoms with Gasteiger partial charge in [0.1, 0.15) is 17.1 Å². The van der Waals surface area contributed by atoms with Crippen molar-refractivity contribution in [2.45, 2.75) is 76.7 Å². The van der Waals surface area contributed by atoms with E-state index in [0.717, 1.165) is 48.3 Å². The van der Waals surface area contributed by atoms with Crippen molar-refractivity contribution in [2.24, 2.45) is 0 Å². The van der Waals surface area contributed by atoms with Gasteiger partial charge >= 0.3 is 12.1 Å². The van der Waals surface area contributed by atoms with Gasteiger partial charge < -0.3 is 24.6 Å². The Morgan fingerprint density at radius 2 is 1.52 bits per heavy atom. The number of nitrogens with one attached hydrogen (secondary N) is 1. The second kappa shape index (κ2) is 9.33. The quantitative estimate of drug-likeness (QED) is 0.522. The highest BCUT2D eigenvalue weighted by atomic mass is 16.6. The first-order valence-corrected chi connectivity index (χ1v) is 11.5. The first kappa shape index (κ1) is 23.0. The molecule has 1 amide bonds. The van der Waals surface area contributed by atoms with E-state index in [-0.39, 0.29) is 18.6 Å². The van der Waals surface area contributed by atoms with Crippen LogP contribution in [0.5, 0.6) is 11.5 Å². The number of carboxylic acid groups (broad SMARTS) is 1. The van der Waals surface area contributed by atoms with E-state index in [1.807, 2.05) is 42.5 Å². The Bertz CT molecular complexity index is 970. The molecule has 2 aliphatic rings. The van der Waals surface area contributed by atoms with Gasteiger partial charge in [0, 0.05) is 0 Å². The summed E-state index contributed by atoms with van der Waals surface area (Å²) >= 11 is 0. The number of alkyl carbamates (subject to hydrolysis) is 1. The Kier molecular flexibility index (Phi) is 6.49. The van der Waals surface area contributed by atoms with Crippen LogP contribution in [0.3, 0.4) is 0 Å². The Labute approximate surface area is 194 Å². The molecule has 2 aromatic carbocycles. The summed E-state index contributed by atoms with van der Waals surface area (Å²) in [6.07, 6.45) is 3.81. The van der Waals surface area contributed by atoms with Crippen LogP contribution in [-0.4, -0.2) is 35.0 Å². The molecule has 7 nitrogen and oxygen atoms in total. The summed E-state index contributed by atoms with van der Waals surface area (Å²) in [5, 5.41) is 12.0. The predicted octanol–water partition coefficient (Wildman–Crippen LogP) is 5.48. The van der Waals surface area contributed by atoms with Crippen molar-refractivity contribution in [3.63, 3.8) is 0 Å². The molecule has 33 heavy (non-hydrogen) atoms. The zero-order valence-corrected chi connectivity index (χ0v) is 19.3. The maximum absolute atomic E-state index is 12.3. The molecule has 176 valence electrons. The van der Waals surface area contributed by atoms with Gasteiger partial charge in [-0.15, -0.1) is 0 Å². The number of ether oxygens (including phenoxy) is 3. The van der Waals surface area contributed by atoms with Gasteiger partial charge in [0.15, 0.2) is 0 Å². The molecular weight excluding hydrogens is 422 g/mol. The molecule has 7 heteroatoms. The minimum Gasteiger partial charge on any atom is -0.490 e. The van der Waals surface area contributed by atoms with Gasteiger partial charge in [0.2, 0.25) is 0 Å². The summed E-state index contributed by atoms with van der Waals surface area (Å²) in [6, 6.07) is 12.6. The second-order valence-corrected chi connectivity index (χ2v) is 9.68. The fourth-order valence-corrected chi connectivity index (χ4v) is 3.48. The summed E-state index contributed by atoms with van der Waals surface area (Å²) in [7, 11) is 0. The minimum absolute atomic E-state index is 0.247. The summed E-state index contributed by atoms with van der Waals surface area (Å²) in [4.78, 5) is 23.7. The molecule has 1 atom stereocenters. The summed E-state index contributed by atoms with van der Waals surface area (Å²) in [5.41, 5.74) is 1.82. The third-order valence-corrected chi connectivity index (χ3v) is 5.30. The van der Waals surface area contributed by atoms with E-state index >= 15 is 0 Å². The number of carbonyl (C=O) groups is 2.